The number of hydrogen-bond acceptors (Lipinski definition) is 2. The predicted octanol–water partition coefficient (Wildman–Crippen LogP) is 1.85. The molecule has 2 nitrogen and oxygen atoms in total. The second-order valence-corrected chi connectivity index (χ2v) is 4.17. The molecule has 1 unspecified atom stereocenters. The number of aliphatic hydroxyl groups excluding tert-OH is 1. The number of rotatable bonds is 4. The van der Waals surface area contributed by atoms with Crippen LogP contribution in [0, 0.1) is 0 Å². The fraction of sp³-hybridized carbons (Fsp3) is 0.818. The highest BCUT2D eigenvalue weighted by Gasteiger charge is 2.31. The molecule has 1 rings (SSSR count). The van der Waals surface area contributed by atoms with Crippen molar-refractivity contribution < 1.29 is 5.11 Å². The Morgan fingerprint density at radius 1 is 1.46 bits per heavy atom. The standard InChI is InChI=1S/C11H21NO/c1-3-10(2)12-11(9-13)7-5-4-6-8-11/h3,10,12-13H,1,4-9H2,2H3. The first-order valence-corrected chi connectivity index (χ1v) is 5.23. The molecule has 0 bridgehead atoms. The molecular weight excluding hydrogens is 162 g/mol. The van der Waals surface area contributed by atoms with Gasteiger partial charge in [0.15, 0.2) is 0 Å². The molecule has 1 aliphatic rings. The molecule has 1 saturated carbocycles. The van der Waals surface area contributed by atoms with Gasteiger partial charge >= 0.3 is 0 Å². The summed E-state index contributed by atoms with van der Waals surface area (Å²) in [6, 6.07) is 0.297. The minimum atomic E-state index is -0.0220. The van der Waals surface area contributed by atoms with E-state index in [1.807, 2.05) is 6.08 Å². The Bertz CT molecular complexity index is 161. The van der Waals surface area contributed by atoms with Gasteiger partial charge in [-0.3, -0.25) is 0 Å². The Hall–Kier alpha value is -0.340. The maximum atomic E-state index is 9.39. The van der Waals surface area contributed by atoms with Crippen molar-refractivity contribution in [1.29, 1.82) is 0 Å². The molecule has 0 heterocycles. The fourth-order valence-electron chi connectivity index (χ4n) is 2.12. The number of hydrogen-bond donors (Lipinski definition) is 2. The molecule has 0 amide bonds. The van der Waals surface area contributed by atoms with Gasteiger partial charge in [-0.15, -0.1) is 6.58 Å². The molecule has 1 atom stereocenters. The highest BCUT2D eigenvalue weighted by atomic mass is 16.3. The zero-order valence-electron chi connectivity index (χ0n) is 8.55. The molecule has 0 aliphatic heterocycles. The van der Waals surface area contributed by atoms with Gasteiger partial charge in [-0.1, -0.05) is 25.3 Å². The molecule has 1 aliphatic carbocycles. The van der Waals surface area contributed by atoms with E-state index >= 15 is 0 Å². The third-order valence-corrected chi connectivity index (χ3v) is 3.00. The van der Waals surface area contributed by atoms with Crippen LogP contribution in [0.15, 0.2) is 12.7 Å². The van der Waals surface area contributed by atoms with E-state index in [-0.39, 0.29) is 12.1 Å². The van der Waals surface area contributed by atoms with Crippen LogP contribution in [0.3, 0.4) is 0 Å². The summed E-state index contributed by atoms with van der Waals surface area (Å²) in [5.74, 6) is 0. The molecule has 13 heavy (non-hydrogen) atoms. The topological polar surface area (TPSA) is 32.3 Å². The second-order valence-electron chi connectivity index (χ2n) is 4.17. The van der Waals surface area contributed by atoms with Gasteiger partial charge in [-0.05, 0) is 19.8 Å². The van der Waals surface area contributed by atoms with Crippen LogP contribution in [0.5, 0.6) is 0 Å². The average molecular weight is 183 g/mol. The van der Waals surface area contributed by atoms with E-state index in [1.165, 1.54) is 19.3 Å². The Morgan fingerprint density at radius 3 is 2.54 bits per heavy atom. The zero-order valence-corrected chi connectivity index (χ0v) is 8.55. The molecule has 2 N–H and O–H groups in total. The maximum absolute atomic E-state index is 9.39. The molecule has 0 radical (unpaired) electrons. The van der Waals surface area contributed by atoms with E-state index in [0.717, 1.165) is 12.8 Å². The number of nitrogens with one attached hydrogen (secondary N) is 1. The highest BCUT2D eigenvalue weighted by molar-refractivity contribution is 4.95. The van der Waals surface area contributed by atoms with Crippen LogP contribution in [-0.4, -0.2) is 23.3 Å². The normalized spacial score (nSPS) is 23.8. The van der Waals surface area contributed by atoms with Crippen LogP contribution >= 0.6 is 0 Å². The van der Waals surface area contributed by atoms with E-state index in [2.05, 4.69) is 18.8 Å². The minimum Gasteiger partial charge on any atom is -0.394 e. The molecule has 0 saturated heterocycles. The highest BCUT2D eigenvalue weighted by Crippen LogP contribution is 2.28. The largest absolute Gasteiger partial charge is 0.394 e. The van der Waals surface area contributed by atoms with Crippen LogP contribution in [0.2, 0.25) is 0 Å². The number of aliphatic hydroxyl groups is 1. The van der Waals surface area contributed by atoms with Gasteiger partial charge < -0.3 is 10.4 Å². The molecule has 0 spiro atoms. The lowest BCUT2D eigenvalue weighted by atomic mass is 9.82. The predicted molar refractivity (Wildman–Crippen MR) is 55.7 cm³/mol. The molecule has 0 aromatic heterocycles. The summed E-state index contributed by atoms with van der Waals surface area (Å²) in [4.78, 5) is 0. The van der Waals surface area contributed by atoms with Crippen LogP contribution in [-0.2, 0) is 0 Å². The molecule has 0 aromatic rings. The maximum Gasteiger partial charge on any atom is 0.0613 e. The second kappa shape index (κ2) is 4.77. The summed E-state index contributed by atoms with van der Waals surface area (Å²) in [5, 5.41) is 12.9. The van der Waals surface area contributed by atoms with Crippen molar-refractivity contribution in [3.05, 3.63) is 12.7 Å². The Balaban J connectivity index is 2.51. The summed E-state index contributed by atoms with van der Waals surface area (Å²) in [6.45, 7) is 6.08. The van der Waals surface area contributed by atoms with Gasteiger partial charge in [0.2, 0.25) is 0 Å². The molecule has 1 fully saturated rings. The lowest BCUT2D eigenvalue weighted by Crippen LogP contribution is -2.52. The summed E-state index contributed by atoms with van der Waals surface area (Å²) in [6.07, 6.45) is 7.87. The smallest absolute Gasteiger partial charge is 0.0613 e. The van der Waals surface area contributed by atoms with Gasteiger partial charge in [-0.25, -0.2) is 0 Å². The van der Waals surface area contributed by atoms with Crippen molar-refractivity contribution in [2.75, 3.05) is 6.61 Å². The van der Waals surface area contributed by atoms with Crippen LogP contribution < -0.4 is 5.32 Å². The van der Waals surface area contributed by atoms with Gasteiger partial charge in [0, 0.05) is 11.6 Å². The van der Waals surface area contributed by atoms with Crippen molar-refractivity contribution in [2.45, 2.75) is 50.6 Å². The van der Waals surface area contributed by atoms with E-state index in [4.69, 9.17) is 0 Å². The third kappa shape index (κ3) is 2.82. The Morgan fingerprint density at radius 2 is 2.08 bits per heavy atom. The Kier molecular flexibility index (Phi) is 3.94. The van der Waals surface area contributed by atoms with Crippen LogP contribution in [0.25, 0.3) is 0 Å². The van der Waals surface area contributed by atoms with Crippen molar-refractivity contribution in [3.8, 4) is 0 Å². The minimum absolute atomic E-state index is 0.0220. The SMILES string of the molecule is C=CC(C)NC1(CO)CCCCC1. The summed E-state index contributed by atoms with van der Waals surface area (Å²) in [5.41, 5.74) is -0.0220. The first kappa shape index (κ1) is 10.7. The molecule has 2 heteroatoms. The fourth-order valence-corrected chi connectivity index (χ4v) is 2.12. The lowest BCUT2D eigenvalue weighted by molar-refractivity contribution is 0.116. The van der Waals surface area contributed by atoms with E-state index < -0.39 is 0 Å². The van der Waals surface area contributed by atoms with E-state index in [1.54, 1.807) is 0 Å². The summed E-state index contributed by atoms with van der Waals surface area (Å²) < 4.78 is 0. The molecular formula is C11H21NO. The van der Waals surface area contributed by atoms with Crippen LogP contribution in [0.1, 0.15) is 39.0 Å². The van der Waals surface area contributed by atoms with Crippen LogP contribution in [0.4, 0.5) is 0 Å². The van der Waals surface area contributed by atoms with Gasteiger partial charge in [0.05, 0.1) is 6.61 Å². The summed E-state index contributed by atoms with van der Waals surface area (Å²) in [7, 11) is 0. The monoisotopic (exact) mass is 183 g/mol. The molecule has 76 valence electrons. The first-order chi connectivity index (χ1) is 6.22. The Labute approximate surface area is 81.0 Å². The van der Waals surface area contributed by atoms with Crippen molar-refractivity contribution in [3.63, 3.8) is 0 Å². The van der Waals surface area contributed by atoms with E-state index in [9.17, 15) is 5.11 Å². The molecule has 0 aromatic carbocycles. The first-order valence-electron chi connectivity index (χ1n) is 5.23. The van der Waals surface area contributed by atoms with Gasteiger partial charge in [0.25, 0.3) is 0 Å². The van der Waals surface area contributed by atoms with E-state index in [0.29, 0.717) is 6.04 Å². The van der Waals surface area contributed by atoms with Crippen molar-refractivity contribution in [1.82, 2.24) is 5.32 Å². The lowest BCUT2D eigenvalue weighted by Gasteiger charge is -2.38. The summed E-state index contributed by atoms with van der Waals surface area (Å²) >= 11 is 0. The van der Waals surface area contributed by atoms with Gasteiger partial charge in [0.1, 0.15) is 0 Å². The quantitative estimate of drug-likeness (QED) is 0.652. The zero-order chi connectivity index (χ0) is 9.73. The van der Waals surface area contributed by atoms with Crippen molar-refractivity contribution in [2.24, 2.45) is 0 Å². The average Bonchev–Trinajstić information content (AvgIpc) is 2.19. The van der Waals surface area contributed by atoms with Crippen molar-refractivity contribution >= 4 is 0 Å². The third-order valence-electron chi connectivity index (χ3n) is 3.00. The van der Waals surface area contributed by atoms with Gasteiger partial charge in [-0.2, -0.15) is 0 Å².